The van der Waals surface area contributed by atoms with Gasteiger partial charge in [-0.05, 0) is 37.8 Å². The molecule has 2 fully saturated rings. The van der Waals surface area contributed by atoms with Gasteiger partial charge in [0.15, 0.2) is 5.69 Å². The number of likely N-dealkylation sites (tertiary alicyclic amines) is 1. The van der Waals surface area contributed by atoms with E-state index in [0.29, 0.717) is 25.9 Å². The lowest BCUT2D eigenvalue weighted by molar-refractivity contribution is -0.138. The summed E-state index contributed by atoms with van der Waals surface area (Å²) in [7, 11) is 0. The summed E-state index contributed by atoms with van der Waals surface area (Å²) in [6, 6.07) is 5.71. The molecule has 1 aromatic carbocycles. The molecular weight excluding hydrogens is 480 g/mol. The number of nitrogens with one attached hydrogen (secondary N) is 1. The molecule has 2 heterocycles. The van der Waals surface area contributed by atoms with E-state index in [1.54, 1.807) is 0 Å². The first kappa shape index (κ1) is 26.1. The number of hydrogen-bond acceptors (Lipinski definition) is 4. The maximum Gasteiger partial charge on any atom is 0.417 e. The summed E-state index contributed by atoms with van der Waals surface area (Å²) in [6.45, 7) is 1.28. The van der Waals surface area contributed by atoms with E-state index < -0.39 is 35.8 Å². The molecule has 196 valence electrons. The molecule has 1 amide bonds. The Hall–Kier alpha value is -2.95. The van der Waals surface area contributed by atoms with Crippen molar-refractivity contribution in [3.63, 3.8) is 0 Å². The van der Waals surface area contributed by atoms with E-state index in [4.69, 9.17) is 0 Å². The Balaban J connectivity index is 1.59. The Morgan fingerprint density at radius 1 is 1.17 bits per heavy atom. The van der Waals surface area contributed by atoms with Crippen LogP contribution < -0.4 is 5.32 Å². The second-order valence-electron chi connectivity index (χ2n) is 9.58. The normalized spacial score (nSPS) is 20.1. The fourth-order valence-corrected chi connectivity index (χ4v) is 5.11. The first-order valence-electron chi connectivity index (χ1n) is 12.3. The van der Waals surface area contributed by atoms with E-state index in [2.05, 4.69) is 10.4 Å². The third-order valence-corrected chi connectivity index (χ3v) is 6.91. The minimum atomic E-state index is -4.58. The molecule has 0 spiro atoms. The average molecular weight is 511 g/mol. The number of amides is 1. The van der Waals surface area contributed by atoms with Gasteiger partial charge in [0.1, 0.15) is 6.17 Å². The molecule has 1 aliphatic carbocycles. The molecule has 1 aliphatic heterocycles. The van der Waals surface area contributed by atoms with E-state index in [1.165, 1.54) is 28.9 Å². The van der Waals surface area contributed by atoms with Crippen molar-refractivity contribution in [2.24, 2.45) is 0 Å². The highest BCUT2D eigenvalue weighted by atomic mass is 19.4. The summed E-state index contributed by atoms with van der Waals surface area (Å²) in [4.78, 5) is 26.4. The molecule has 1 saturated heterocycles. The van der Waals surface area contributed by atoms with Crippen molar-refractivity contribution in [1.29, 1.82) is 0 Å². The highest BCUT2D eigenvalue weighted by Gasteiger charge is 2.35. The number of aromatic nitrogens is 2. The summed E-state index contributed by atoms with van der Waals surface area (Å²) in [5.74, 6) is -1.74. The van der Waals surface area contributed by atoms with Gasteiger partial charge < -0.3 is 15.3 Å². The molecule has 0 radical (unpaired) electrons. The highest BCUT2D eigenvalue weighted by Crippen LogP contribution is 2.40. The first-order chi connectivity index (χ1) is 17.1. The van der Waals surface area contributed by atoms with Gasteiger partial charge in [0.2, 0.25) is 0 Å². The molecule has 4 rings (SSSR count). The lowest BCUT2D eigenvalue weighted by Gasteiger charge is -2.20. The topological polar surface area (TPSA) is 87.5 Å². The van der Waals surface area contributed by atoms with Crippen molar-refractivity contribution >= 4 is 11.9 Å². The van der Waals surface area contributed by atoms with Gasteiger partial charge in [-0.1, -0.05) is 31.0 Å². The SMILES string of the molecule is O=C(O)C[C@H](CCN1CC[C@@H](F)C1)NC(=O)c1cc(-c2ccccc2C(F)(F)F)n(C2CCCC2)n1. The van der Waals surface area contributed by atoms with E-state index in [0.717, 1.165) is 31.7 Å². The van der Waals surface area contributed by atoms with E-state index in [1.807, 2.05) is 4.90 Å². The second-order valence-corrected chi connectivity index (χ2v) is 9.58. The fraction of sp³-hybridized carbons (Fsp3) is 0.560. The Bertz CT molecular complexity index is 1080. The van der Waals surface area contributed by atoms with Crippen LogP contribution in [0.4, 0.5) is 17.6 Å². The van der Waals surface area contributed by atoms with Gasteiger partial charge >= 0.3 is 12.1 Å². The largest absolute Gasteiger partial charge is 0.481 e. The highest BCUT2D eigenvalue weighted by molar-refractivity contribution is 5.94. The zero-order chi connectivity index (χ0) is 25.9. The van der Waals surface area contributed by atoms with Crippen molar-refractivity contribution in [3.8, 4) is 11.3 Å². The van der Waals surface area contributed by atoms with Crippen LogP contribution in [0.5, 0.6) is 0 Å². The maximum atomic E-state index is 13.7. The summed E-state index contributed by atoms with van der Waals surface area (Å²) in [5, 5.41) is 16.4. The number of halogens is 4. The second kappa shape index (κ2) is 11.0. The number of alkyl halides is 4. The van der Waals surface area contributed by atoms with Crippen LogP contribution in [-0.4, -0.2) is 63.5 Å². The number of carbonyl (C=O) groups is 2. The minimum Gasteiger partial charge on any atom is -0.481 e. The summed E-state index contributed by atoms with van der Waals surface area (Å²) in [5.41, 5.74) is -0.716. The zero-order valence-electron chi connectivity index (χ0n) is 19.8. The summed E-state index contributed by atoms with van der Waals surface area (Å²) < 4.78 is 56.2. The molecule has 1 saturated carbocycles. The molecule has 0 bridgehead atoms. The van der Waals surface area contributed by atoms with Crippen LogP contribution in [0.15, 0.2) is 30.3 Å². The van der Waals surface area contributed by atoms with Crippen LogP contribution in [0.2, 0.25) is 0 Å². The Kier molecular flexibility index (Phi) is 7.97. The maximum absolute atomic E-state index is 13.7. The predicted molar refractivity (Wildman–Crippen MR) is 124 cm³/mol. The molecule has 7 nitrogen and oxygen atoms in total. The monoisotopic (exact) mass is 510 g/mol. The van der Waals surface area contributed by atoms with Crippen molar-refractivity contribution in [2.45, 2.75) is 69.4 Å². The van der Waals surface area contributed by atoms with Gasteiger partial charge in [0.25, 0.3) is 5.91 Å². The van der Waals surface area contributed by atoms with E-state index in [-0.39, 0.29) is 36.0 Å². The average Bonchev–Trinajstić information content (AvgIpc) is 3.57. The van der Waals surface area contributed by atoms with Gasteiger partial charge in [-0.2, -0.15) is 18.3 Å². The predicted octanol–water partition coefficient (Wildman–Crippen LogP) is 4.69. The summed E-state index contributed by atoms with van der Waals surface area (Å²) in [6.07, 6.45) is -1.75. The van der Waals surface area contributed by atoms with Crippen LogP contribution in [-0.2, 0) is 11.0 Å². The lowest BCUT2D eigenvalue weighted by Crippen LogP contribution is -2.39. The Morgan fingerprint density at radius 2 is 1.89 bits per heavy atom. The first-order valence-corrected chi connectivity index (χ1v) is 12.3. The van der Waals surface area contributed by atoms with Gasteiger partial charge in [0, 0.05) is 31.2 Å². The molecule has 2 aliphatic rings. The quantitative estimate of drug-likeness (QED) is 0.478. The Morgan fingerprint density at radius 3 is 2.53 bits per heavy atom. The van der Waals surface area contributed by atoms with Gasteiger partial charge in [-0.3, -0.25) is 14.3 Å². The van der Waals surface area contributed by atoms with Gasteiger partial charge in [-0.15, -0.1) is 0 Å². The van der Waals surface area contributed by atoms with Crippen molar-refractivity contribution in [2.75, 3.05) is 19.6 Å². The number of hydrogen-bond donors (Lipinski definition) is 2. The number of rotatable bonds is 9. The molecule has 2 atom stereocenters. The number of nitrogens with zero attached hydrogens (tertiary/aromatic N) is 3. The van der Waals surface area contributed by atoms with E-state index >= 15 is 0 Å². The van der Waals surface area contributed by atoms with Crippen molar-refractivity contribution in [1.82, 2.24) is 20.0 Å². The molecule has 1 aromatic heterocycles. The molecule has 0 unspecified atom stereocenters. The number of carbonyl (C=O) groups excluding carboxylic acids is 1. The van der Waals surface area contributed by atoms with Crippen molar-refractivity contribution < 1.29 is 32.3 Å². The third kappa shape index (κ3) is 6.24. The number of aliphatic carboxylic acids is 1. The third-order valence-electron chi connectivity index (χ3n) is 6.91. The molecule has 2 aromatic rings. The molecular formula is C25H30F4N4O3. The lowest BCUT2D eigenvalue weighted by atomic mass is 10.0. The number of benzene rings is 1. The van der Waals surface area contributed by atoms with E-state index in [9.17, 15) is 32.3 Å². The number of carboxylic acids is 1. The molecule has 36 heavy (non-hydrogen) atoms. The summed E-state index contributed by atoms with van der Waals surface area (Å²) >= 11 is 0. The van der Waals surface area contributed by atoms with Crippen LogP contribution in [0, 0.1) is 0 Å². The van der Waals surface area contributed by atoms with Gasteiger partial charge in [0.05, 0.1) is 23.7 Å². The minimum absolute atomic E-state index is 0.0552. The van der Waals surface area contributed by atoms with Gasteiger partial charge in [-0.25, -0.2) is 4.39 Å². The smallest absolute Gasteiger partial charge is 0.417 e. The Labute approximate surface area is 206 Å². The van der Waals surface area contributed by atoms with Crippen LogP contribution in [0.25, 0.3) is 11.3 Å². The standard InChI is InChI=1S/C25H30F4N4O3/c26-16-9-11-32(15-16)12-10-17(13-23(34)35)30-24(36)21-14-22(33(31-21)18-5-1-2-6-18)19-7-3-4-8-20(19)25(27,28)29/h3-4,7-8,14,16-18H,1-2,5-6,9-13,15H2,(H,30,36)(H,34,35)/t16-,17+/m1/s1. The van der Waals surface area contributed by atoms with Crippen LogP contribution >= 0.6 is 0 Å². The fourth-order valence-electron chi connectivity index (χ4n) is 5.11. The number of carboxylic acid groups (broad SMARTS) is 1. The van der Waals surface area contributed by atoms with Crippen LogP contribution in [0.3, 0.4) is 0 Å². The molecule has 11 heteroatoms. The van der Waals surface area contributed by atoms with Crippen LogP contribution in [0.1, 0.15) is 67.0 Å². The van der Waals surface area contributed by atoms with Crippen molar-refractivity contribution in [3.05, 3.63) is 41.6 Å². The molecule has 2 N–H and O–H groups in total. The zero-order valence-corrected chi connectivity index (χ0v) is 19.8.